The fourth-order valence-corrected chi connectivity index (χ4v) is 1.23. The molecule has 1 aromatic rings. The van der Waals surface area contributed by atoms with Gasteiger partial charge in [-0.25, -0.2) is 5.43 Å². The van der Waals surface area contributed by atoms with Crippen molar-refractivity contribution >= 4 is 23.2 Å². The van der Waals surface area contributed by atoms with Gasteiger partial charge in [-0.3, -0.25) is 9.59 Å². The summed E-state index contributed by atoms with van der Waals surface area (Å²) >= 11 is 0. The number of hydrogen-bond acceptors (Lipinski definition) is 3. The minimum Gasteiger partial charge on any atom is -0.326 e. The Balaban J connectivity index is 2.76. The second-order valence-corrected chi connectivity index (χ2v) is 3.62. The molecule has 1 aromatic carbocycles. The zero-order chi connectivity index (χ0) is 12.8. The highest BCUT2D eigenvalue weighted by Crippen LogP contribution is 2.10. The van der Waals surface area contributed by atoms with Crippen LogP contribution in [-0.2, 0) is 9.59 Å². The quantitative estimate of drug-likeness (QED) is 0.613. The smallest absolute Gasteiger partial charge is 0.236 e. The molecule has 0 atom stereocenters. The lowest BCUT2D eigenvalue weighted by molar-refractivity contribution is -0.119. The van der Waals surface area contributed by atoms with Crippen LogP contribution < -0.4 is 10.7 Å². The summed E-state index contributed by atoms with van der Waals surface area (Å²) in [4.78, 5) is 21.5. The normalized spacial score (nSPS) is 10.9. The molecule has 90 valence electrons. The van der Waals surface area contributed by atoms with E-state index in [4.69, 9.17) is 0 Å². The van der Waals surface area contributed by atoms with Gasteiger partial charge < -0.3 is 5.32 Å². The zero-order valence-electron chi connectivity index (χ0n) is 10.1. The molecule has 0 fully saturated rings. The third kappa shape index (κ3) is 4.46. The SMILES string of the molecule is CC(=O)N/N=C(/C)c1ccc(NC(C)=O)cc1. The van der Waals surface area contributed by atoms with Crippen molar-refractivity contribution in [2.45, 2.75) is 20.8 Å². The van der Waals surface area contributed by atoms with Crippen LogP contribution >= 0.6 is 0 Å². The number of nitrogens with one attached hydrogen (secondary N) is 2. The molecule has 2 N–H and O–H groups in total. The van der Waals surface area contributed by atoms with Gasteiger partial charge in [-0.1, -0.05) is 12.1 Å². The first kappa shape index (κ1) is 12.9. The lowest BCUT2D eigenvalue weighted by Gasteiger charge is -2.04. The van der Waals surface area contributed by atoms with Crippen molar-refractivity contribution in [3.8, 4) is 0 Å². The average Bonchev–Trinajstić information content (AvgIpc) is 2.26. The first-order valence-corrected chi connectivity index (χ1v) is 5.18. The minimum atomic E-state index is -0.209. The number of rotatable bonds is 3. The standard InChI is InChI=1S/C12H15N3O2/c1-8(14-15-10(3)17)11-4-6-12(7-5-11)13-9(2)16/h4-7H,1-3H3,(H,13,16)(H,15,17)/b14-8-. The molecule has 0 saturated heterocycles. The number of carbonyl (C=O) groups excluding carboxylic acids is 2. The van der Waals surface area contributed by atoms with Gasteiger partial charge in [-0.05, 0) is 24.6 Å². The van der Waals surface area contributed by atoms with E-state index in [0.717, 1.165) is 11.3 Å². The highest BCUT2D eigenvalue weighted by Gasteiger charge is 1.99. The fraction of sp³-hybridized carbons (Fsp3) is 0.250. The maximum absolute atomic E-state index is 10.8. The van der Waals surface area contributed by atoms with Crippen LogP contribution in [0.2, 0.25) is 0 Å². The van der Waals surface area contributed by atoms with Crippen LogP contribution in [0, 0.1) is 0 Å². The van der Waals surface area contributed by atoms with Crippen molar-refractivity contribution in [3.05, 3.63) is 29.8 Å². The van der Waals surface area contributed by atoms with Crippen molar-refractivity contribution in [3.63, 3.8) is 0 Å². The zero-order valence-corrected chi connectivity index (χ0v) is 10.1. The molecule has 1 rings (SSSR count). The monoisotopic (exact) mass is 233 g/mol. The molecule has 2 amide bonds. The van der Waals surface area contributed by atoms with E-state index in [1.165, 1.54) is 13.8 Å². The summed E-state index contributed by atoms with van der Waals surface area (Å²) in [6.07, 6.45) is 0. The van der Waals surface area contributed by atoms with Crippen LogP contribution in [0.3, 0.4) is 0 Å². The lowest BCUT2D eigenvalue weighted by Crippen LogP contribution is -2.15. The Labute approximate surface area is 99.9 Å². The second-order valence-electron chi connectivity index (χ2n) is 3.62. The van der Waals surface area contributed by atoms with Crippen LogP contribution in [0.25, 0.3) is 0 Å². The largest absolute Gasteiger partial charge is 0.326 e. The summed E-state index contributed by atoms with van der Waals surface area (Å²) in [6.45, 7) is 4.65. The number of amides is 2. The Kier molecular flexibility index (Phi) is 4.39. The molecule has 0 bridgehead atoms. The molecule has 0 radical (unpaired) electrons. The fourth-order valence-electron chi connectivity index (χ4n) is 1.23. The number of benzene rings is 1. The Morgan fingerprint density at radius 2 is 1.59 bits per heavy atom. The van der Waals surface area contributed by atoms with E-state index in [0.29, 0.717) is 5.71 Å². The summed E-state index contributed by atoms with van der Waals surface area (Å²) in [5.41, 5.74) is 4.69. The van der Waals surface area contributed by atoms with E-state index in [1.807, 2.05) is 12.1 Å². The van der Waals surface area contributed by atoms with Crippen LogP contribution in [-0.4, -0.2) is 17.5 Å². The molecule has 17 heavy (non-hydrogen) atoms. The summed E-state index contributed by atoms with van der Waals surface area (Å²) in [6, 6.07) is 7.21. The van der Waals surface area contributed by atoms with Gasteiger partial charge in [0.2, 0.25) is 11.8 Å². The van der Waals surface area contributed by atoms with E-state index in [2.05, 4.69) is 15.8 Å². The van der Waals surface area contributed by atoms with Crippen LogP contribution in [0.4, 0.5) is 5.69 Å². The molecule has 0 aliphatic heterocycles. The third-order valence-corrected chi connectivity index (χ3v) is 2.00. The molecule has 0 saturated carbocycles. The number of nitrogens with zero attached hydrogens (tertiary/aromatic N) is 1. The van der Waals surface area contributed by atoms with Crippen molar-refractivity contribution in [2.24, 2.45) is 5.10 Å². The van der Waals surface area contributed by atoms with Gasteiger partial charge in [0.05, 0.1) is 5.71 Å². The molecule has 0 unspecified atom stereocenters. The highest BCUT2D eigenvalue weighted by atomic mass is 16.2. The molecule has 0 heterocycles. The lowest BCUT2D eigenvalue weighted by atomic mass is 10.1. The summed E-state index contributed by atoms with van der Waals surface area (Å²) < 4.78 is 0. The molecular weight excluding hydrogens is 218 g/mol. The second kappa shape index (κ2) is 5.79. The van der Waals surface area contributed by atoms with Gasteiger partial charge in [-0.2, -0.15) is 5.10 Å². The Morgan fingerprint density at radius 3 is 2.06 bits per heavy atom. The summed E-state index contributed by atoms with van der Waals surface area (Å²) in [5.74, 6) is -0.319. The van der Waals surface area contributed by atoms with Crippen LogP contribution in [0.1, 0.15) is 26.3 Å². The summed E-state index contributed by atoms with van der Waals surface area (Å²) in [5, 5.41) is 6.59. The molecule has 5 heteroatoms. The maximum Gasteiger partial charge on any atom is 0.236 e. The van der Waals surface area contributed by atoms with Crippen LogP contribution in [0.5, 0.6) is 0 Å². The molecule has 0 aliphatic carbocycles. The van der Waals surface area contributed by atoms with Gasteiger partial charge in [0, 0.05) is 19.5 Å². The predicted molar refractivity (Wildman–Crippen MR) is 66.8 cm³/mol. The predicted octanol–water partition coefficient (Wildman–Crippen LogP) is 1.51. The molecule has 0 aliphatic rings. The third-order valence-electron chi connectivity index (χ3n) is 2.00. The van der Waals surface area contributed by atoms with E-state index in [-0.39, 0.29) is 11.8 Å². The van der Waals surface area contributed by atoms with Gasteiger partial charge >= 0.3 is 0 Å². The van der Waals surface area contributed by atoms with Crippen molar-refractivity contribution in [1.82, 2.24) is 5.43 Å². The van der Waals surface area contributed by atoms with Crippen LogP contribution in [0.15, 0.2) is 29.4 Å². The molecule has 0 aromatic heterocycles. The molecule has 0 spiro atoms. The van der Waals surface area contributed by atoms with Crippen molar-refractivity contribution in [2.75, 3.05) is 5.32 Å². The van der Waals surface area contributed by atoms with Gasteiger partial charge in [0.1, 0.15) is 0 Å². The summed E-state index contributed by atoms with van der Waals surface area (Å²) in [7, 11) is 0. The molecular formula is C12H15N3O2. The Morgan fingerprint density at radius 1 is 1.00 bits per heavy atom. The van der Waals surface area contributed by atoms with Gasteiger partial charge in [0.15, 0.2) is 0 Å². The number of carbonyl (C=O) groups is 2. The minimum absolute atomic E-state index is 0.110. The van der Waals surface area contributed by atoms with Gasteiger partial charge in [-0.15, -0.1) is 0 Å². The van der Waals surface area contributed by atoms with E-state index >= 15 is 0 Å². The number of anilines is 1. The molecule has 5 nitrogen and oxygen atoms in total. The van der Waals surface area contributed by atoms with E-state index < -0.39 is 0 Å². The Hall–Kier alpha value is -2.17. The first-order valence-electron chi connectivity index (χ1n) is 5.18. The highest BCUT2D eigenvalue weighted by molar-refractivity contribution is 5.99. The van der Waals surface area contributed by atoms with Gasteiger partial charge in [0.25, 0.3) is 0 Å². The van der Waals surface area contributed by atoms with E-state index in [9.17, 15) is 9.59 Å². The number of hydrazone groups is 1. The average molecular weight is 233 g/mol. The number of hydrogen-bond donors (Lipinski definition) is 2. The first-order chi connectivity index (χ1) is 7.99. The van der Waals surface area contributed by atoms with E-state index in [1.54, 1.807) is 19.1 Å². The maximum atomic E-state index is 10.8. The van der Waals surface area contributed by atoms with Crippen molar-refractivity contribution < 1.29 is 9.59 Å². The topological polar surface area (TPSA) is 70.6 Å². The van der Waals surface area contributed by atoms with Crippen molar-refractivity contribution in [1.29, 1.82) is 0 Å². The Bertz CT molecular complexity index is 449.